The first-order chi connectivity index (χ1) is 16.4. The number of carbonyl (C=O) groups is 1. The van der Waals surface area contributed by atoms with Gasteiger partial charge in [0.05, 0.1) is 4.90 Å². The van der Waals surface area contributed by atoms with Crippen molar-refractivity contribution in [2.45, 2.75) is 63.3 Å². The normalized spacial score (nSPS) is 19.0. The maximum atomic E-state index is 13.2. The summed E-state index contributed by atoms with van der Waals surface area (Å²) in [6.07, 6.45) is 10.3. The van der Waals surface area contributed by atoms with Gasteiger partial charge in [0.2, 0.25) is 15.9 Å². The molecular formula is C25H34N4O4S. The van der Waals surface area contributed by atoms with Crippen LogP contribution in [0.1, 0.15) is 62.5 Å². The molecule has 1 aromatic carbocycles. The Morgan fingerprint density at radius 2 is 1.76 bits per heavy atom. The lowest BCUT2D eigenvalue weighted by Crippen LogP contribution is -2.52. The monoisotopic (exact) mass is 486 g/mol. The molecule has 1 aliphatic heterocycles. The molecule has 4 rings (SSSR count). The Morgan fingerprint density at radius 3 is 2.41 bits per heavy atom. The Labute approximate surface area is 202 Å². The van der Waals surface area contributed by atoms with Crippen LogP contribution in [-0.2, 0) is 14.8 Å². The van der Waals surface area contributed by atoms with Gasteiger partial charge in [0, 0.05) is 38.6 Å². The predicted octanol–water partition coefficient (Wildman–Crippen LogP) is 4.14. The zero-order valence-corrected chi connectivity index (χ0v) is 20.8. The van der Waals surface area contributed by atoms with Gasteiger partial charge in [-0.15, -0.1) is 0 Å². The number of sulfonamides is 1. The fourth-order valence-electron chi connectivity index (χ4n) is 4.71. The molecule has 1 aromatic heterocycles. The zero-order valence-electron chi connectivity index (χ0n) is 20.0. The van der Waals surface area contributed by atoms with E-state index < -0.39 is 10.0 Å². The molecule has 0 spiro atoms. The number of benzene rings is 1. The number of nitrogens with one attached hydrogen (secondary N) is 1. The van der Waals surface area contributed by atoms with E-state index in [9.17, 15) is 13.2 Å². The zero-order chi connectivity index (χ0) is 24.1. The van der Waals surface area contributed by atoms with Crippen LogP contribution < -0.4 is 5.32 Å². The van der Waals surface area contributed by atoms with Gasteiger partial charge < -0.3 is 9.84 Å². The summed E-state index contributed by atoms with van der Waals surface area (Å²) < 4.78 is 33.3. The fraction of sp³-hybridized carbons (Fsp3) is 0.520. The summed E-state index contributed by atoms with van der Waals surface area (Å²) in [4.78, 5) is 14.5. The maximum Gasteiger partial charge on any atom is 0.243 e. The number of piperazine rings is 1. The molecule has 1 N–H and O–H groups in total. The smallest absolute Gasteiger partial charge is 0.243 e. The first-order valence-electron chi connectivity index (χ1n) is 12.2. The van der Waals surface area contributed by atoms with Crippen molar-refractivity contribution < 1.29 is 17.7 Å². The molecule has 1 aliphatic carbocycles. The summed E-state index contributed by atoms with van der Waals surface area (Å²) in [6.45, 7) is 6.23. The number of aryl methyl sites for hydroxylation is 1. The molecule has 9 heteroatoms. The molecule has 8 nitrogen and oxygen atoms in total. The van der Waals surface area contributed by atoms with Gasteiger partial charge in [-0.1, -0.05) is 49.6 Å². The van der Waals surface area contributed by atoms with Crippen LogP contribution in [0.5, 0.6) is 0 Å². The van der Waals surface area contributed by atoms with E-state index in [0.29, 0.717) is 47.6 Å². The van der Waals surface area contributed by atoms with Crippen molar-refractivity contribution in [2.75, 3.05) is 31.5 Å². The van der Waals surface area contributed by atoms with Crippen LogP contribution in [0.4, 0.5) is 5.69 Å². The van der Waals surface area contributed by atoms with Gasteiger partial charge in [0.25, 0.3) is 0 Å². The molecule has 0 radical (unpaired) electrons. The molecular weight excluding hydrogens is 452 g/mol. The average Bonchev–Trinajstić information content (AvgIpc) is 3.22. The van der Waals surface area contributed by atoms with E-state index in [-0.39, 0.29) is 5.91 Å². The van der Waals surface area contributed by atoms with E-state index in [1.54, 1.807) is 54.6 Å². The Bertz CT molecular complexity index is 1110. The molecule has 1 saturated heterocycles. The van der Waals surface area contributed by atoms with E-state index >= 15 is 0 Å². The minimum Gasteiger partial charge on any atom is -0.354 e. The summed E-state index contributed by atoms with van der Waals surface area (Å²) in [5.41, 5.74) is 1.98. The Kier molecular flexibility index (Phi) is 7.85. The Morgan fingerprint density at radius 1 is 1.09 bits per heavy atom. The number of hydrogen-bond donors (Lipinski definition) is 1. The summed E-state index contributed by atoms with van der Waals surface area (Å²) in [5, 5.41) is 6.72. The summed E-state index contributed by atoms with van der Waals surface area (Å²) in [5.74, 6) is 0.335. The van der Waals surface area contributed by atoms with Crippen molar-refractivity contribution in [1.29, 1.82) is 0 Å². The molecule has 0 atom stereocenters. The molecule has 0 bridgehead atoms. The number of anilines is 1. The quantitative estimate of drug-likeness (QED) is 0.632. The van der Waals surface area contributed by atoms with Gasteiger partial charge >= 0.3 is 0 Å². The van der Waals surface area contributed by atoms with Crippen LogP contribution in [0.3, 0.4) is 0 Å². The highest BCUT2D eigenvalue weighted by Gasteiger charge is 2.31. The molecule has 0 unspecified atom stereocenters. The fourth-order valence-corrected chi connectivity index (χ4v) is 6.13. The summed E-state index contributed by atoms with van der Waals surface area (Å²) >= 11 is 0. The summed E-state index contributed by atoms with van der Waals surface area (Å²) in [6, 6.07) is 7.46. The van der Waals surface area contributed by atoms with Gasteiger partial charge in [-0.25, -0.2) is 8.42 Å². The predicted molar refractivity (Wildman–Crippen MR) is 133 cm³/mol. The molecule has 2 aromatic rings. The van der Waals surface area contributed by atoms with Crippen molar-refractivity contribution in [2.24, 2.45) is 0 Å². The van der Waals surface area contributed by atoms with E-state index in [1.165, 1.54) is 32.1 Å². The Hall–Kier alpha value is -2.49. The number of nitrogens with zero attached hydrogens (tertiary/aromatic N) is 3. The first-order valence-corrected chi connectivity index (χ1v) is 13.6. The third-order valence-corrected chi connectivity index (χ3v) is 8.70. The average molecular weight is 487 g/mol. The van der Waals surface area contributed by atoms with Crippen LogP contribution in [-0.4, -0.2) is 60.9 Å². The number of carbonyl (C=O) groups excluding carboxylic acids is 1. The van der Waals surface area contributed by atoms with Crippen molar-refractivity contribution in [3.8, 4) is 0 Å². The topological polar surface area (TPSA) is 95.8 Å². The van der Waals surface area contributed by atoms with Gasteiger partial charge in [0.1, 0.15) is 11.4 Å². The lowest BCUT2D eigenvalue weighted by atomic mass is 9.94. The second-order valence-electron chi connectivity index (χ2n) is 9.04. The van der Waals surface area contributed by atoms with Gasteiger partial charge in [0.15, 0.2) is 5.76 Å². The van der Waals surface area contributed by atoms with Crippen LogP contribution in [0.25, 0.3) is 12.2 Å². The van der Waals surface area contributed by atoms with Crippen LogP contribution in [0, 0.1) is 6.92 Å². The SMILES string of the molecule is CCC(=O)Nc1c(C)noc1/C=C\c1ccc(S(=O)(=O)N2CCN(C3CCCCC3)CC2)cc1. The van der Waals surface area contributed by atoms with Gasteiger partial charge in [-0.2, -0.15) is 4.31 Å². The highest BCUT2D eigenvalue weighted by molar-refractivity contribution is 7.89. The van der Waals surface area contributed by atoms with E-state index in [4.69, 9.17) is 4.52 Å². The van der Waals surface area contributed by atoms with Crippen LogP contribution >= 0.6 is 0 Å². The van der Waals surface area contributed by atoms with Crippen LogP contribution in [0.2, 0.25) is 0 Å². The second-order valence-corrected chi connectivity index (χ2v) is 11.0. The molecule has 34 heavy (non-hydrogen) atoms. The Balaban J connectivity index is 1.39. The minimum atomic E-state index is -3.51. The second kappa shape index (κ2) is 10.8. The standard InChI is InChI=1S/C25H34N4O4S/c1-3-24(30)26-25-19(2)27-33-23(25)14-11-20-9-12-22(13-10-20)34(31,32)29-17-15-28(16-18-29)21-7-5-4-6-8-21/h9-14,21H,3-8,15-18H2,1-2H3,(H,26,30)/b14-11-. The molecule has 2 fully saturated rings. The number of rotatable bonds is 7. The third kappa shape index (κ3) is 5.59. The highest BCUT2D eigenvalue weighted by atomic mass is 32.2. The minimum absolute atomic E-state index is 0.116. The van der Waals surface area contributed by atoms with Crippen molar-refractivity contribution in [3.63, 3.8) is 0 Å². The highest BCUT2D eigenvalue weighted by Crippen LogP contribution is 2.26. The maximum absolute atomic E-state index is 13.2. The number of hydrogen-bond acceptors (Lipinski definition) is 6. The van der Waals surface area contributed by atoms with Crippen molar-refractivity contribution >= 4 is 33.8 Å². The van der Waals surface area contributed by atoms with E-state index in [1.807, 2.05) is 0 Å². The lowest BCUT2D eigenvalue weighted by molar-refractivity contribution is -0.115. The molecule has 184 valence electrons. The van der Waals surface area contributed by atoms with Crippen LogP contribution in [0.15, 0.2) is 33.7 Å². The van der Waals surface area contributed by atoms with Crippen molar-refractivity contribution in [1.82, 2.24) is 14.4 Å². The van der Waals surface area contributed by atoms with E-state index in [0.717, 1.165) is 18.7 Å². The molecule has 1 saturated carbocycles. The van der Waals surface area contributed by atoms with Crippen molar-refractivity contribution in [3.05, 3.63) is 41.3 Å². The molecule has 2 heterocycles. The summed E-state index contributed by atoms with van der Waals surface area (Å²) in [7, 11) is -3.51. The van der Waals surface area contributed by atoms with E-state index in [2.05, 4.69) is 15.4 Å². The largest absolute Gasteiger partial charge is 0.354 e. The first kappa shape index (κ1) is 24.6. The lowest BCUT2D eigenvalue weighted by Gasteiger charge is -2.40. The van der Waals surface area contributed by atoms with Gasteiger partial charge in [-0.3, -0.25) is 9.69 Å². The third-order valence-electron chi connectivity index (χ3n) is 6.78. The van der Waals surface area contributed by atoms with Gasteiger partial charge in [-0.05, 0) is 43.5 Å². The number of amides is 1. The number of aromatic nitrogens is 1. The molecule has 1 amide bonds. The molecule has 2 aliphatic rings.